The number of carbonyl (C=O) groups excluding carboxylic acids is 3. The Morgan fingerprint density at radius 2 is 1.81 bits per heavy atom. The second kappa shape index (κ2) is 8.38. The van der Waals surface area contributed by atoms with Gasteiger partial charge in [-0.15, -0.1) is 0 Å². The average molecular weight is 446 g/mol. The van der Waals surface area contributed by atoms with Gasteiger partial charge in [-0.3, -0.25) is 19.3 Å². The van der Waals surface area contributed by atoms with Gasteiger partial charge in [-0.05, 0) is 61.2 Å². The zero-order chi connectivity index (χ0) is 23.0. The van der Waals surface area contributed by atoms with E-state index in [9.17, 15) is 27.6 Å². The topological polar surface area (TPSA) is 66.9 Å². The Labute approximate surface area is 182 Å². The maximum Gasteiger partial charge on any atom is 0.416 e. The molecule has 0 aliphatic carbocycles. The Hall–Kier alpha value is -3.20. The van der Waals surface area contributed by atoms with Crippen molar-refractivity contribution in [1.29, 1.82) is 0 Å². The molecule has 0 unspecified atom stereocenters. The van der Waals surface area contributed by atoms with Gasteiger partial charge in [0.05, 0.1) is 16.7 Å². The number of rotatable bonds is 5. The molecule has 0 saturated heterocycles. The van der Waals surface area contributed by atoms with Crippen molar-refractivity contribution in [2.24, 2.45) is 0 Å². The van der Waals surface area contributed by atoms with Crippen LogP contribution in [-0.4, -0.2) is 49.4 Å². The number of ether oxygens (including phenoxy) is 1. The van der Waals surface area contributed by atoms with Gasteiger partial charge in [0.15, 0.2) is 0 Å². The van der Waals surface area contributed by atoms with Crippen molar-refractivity contribution >= 4 is 23.4 Å². The third-order valence-electron chi connectivity index (χ3n) is 5.72. The van der Waals surface area contributed by atoms with Gasteiger partial charge in [-0.25, -0.2) is 0 Å². The second-order valence-corrected chi connectivity index (χ2v) is 7.77. The summed E-state index contributed by atoms with van der Waals surface area (Å²) < 4.78 is 44.1. The zero-order valence-corrected chi connectivity index (χ0v) is 17.4. The van der Waals surface area contributed by atoms with Gasteiger partial charge < -0.3 is 9.64 Å². The number of amides is 3. The average Bonchev–Trinajstić information content (AvgIpc) is 3.01. The van der Waals surface area contributed by atoms with Gasteiger partial charge in [0.1, 0.15) is 0 Å². The van der Waals surface area contributed by atoms with Crippen LogP contribution in [0.5, 0.6) is 0 Å². The number of anilines is 1. The van der Waals surface area contributed by atoms with Gasteiger partial charge >= 0.3 is 6.18 Å². The Kier molecular flexibility index (Phi) is 5.77. The van der Waals surface area contributed by atoms with Gasteiger partial charge in [0, 0.05) is 38.1 Å². The third-order valence-corrected chi connectivity index (χ3v) is 5.72. The van der Waals surface area contributed by atoms with Crippen molar-refractivity contribution in [1.82, 2.24) is 4.90 Å². The predicted octanol–water partition coefficient (Wildman–Crippen LogP) is 3.93. The molecule has 9 heteroatoms. The molecule has 0 N–H and O–H groups in total. The minimum Gasteiger partial charge on any atom is -0.385 e. The third kappa shape index (κ3) is 3.88. The van der Waals surface area contributed by atoms with E-state index in [1.807, 2.05) is 0 Å². The summed E-state index contributed by atoms with van der Waals surface area (Å²) in [5.41, 5.74) is 0.729. The van der Waals surface area contributed by atoms with Gasteiger partial charge in [-0.2, -0.15) is 13.2 Å². The van der Waals surface area contributed by atoms with Crippen LogP contribution in [0, 0.1) is 0 Å². The lowest BCUT2D eigenvalue weighted by Crippen LogP contribution is -2.35. The summed E-state index contributed by atoms with van der Waals surface area (Å²) in [5.74, 6) is -1.31. The molecule has 0 atom stereocenters. The molecule has 2 heterocycles. The van der Waals surface area contributed by atoms with Crippen LogP contribution in [0.1, 0.15) is 55.0 Å². The Morgan fingerprint density at radius 3 is 2.53 bits per heavy atom. The van der Waals surface area contributed by atoms with E-state index in [0.29, 0.717) is 43.7 Å². The Bertz CT molecular complexity index is 1100. The maximum absolute atomic E-state index is 13.2. The molecule has 2 aromatic carbocycles. The molecule has 32 heavy (non-hydrogen) atoms. The molecule has 0 radical (unpaired) electrons. The lowest BCUT2D eigenvalue weighted by Gasteiger charge is -2.30. The number of carbonyl (C=O) groups is 3. The molecule has 2 aliphatic heterocycles. The number of hydrogen-bond acceptors (Lipinski definition) is 4. The van der Waals surface area contributed by atoms with E-state index < -0.39 is 29.5 Å². The zero-order valence-electron chi connectivity index (χ0n) is 17.4. The number of methoxy groups -OCH3 is 1. The molecule has 0 aromatic heterocycles. The molecular weight excluding hydrogens is 425 g/mol. The molecule has 0 fully saturated rings. The monoisotopic (exact) mass is 446 g/mol. The van der Waals surface area contributed by atoms with Crippen LogP contribution in [-0.2, 0) is 17.3 Å². The number of alkyl halides is 3. The first-order chi connectivity index (χ1) is 15.2. The molecule has 3 amide bonds. The fraction of sp³-hybridized carbons (Fsp3) is 0.348. The summed E-state index contributed by atoms with van der Waals surface area (Å²) >= 11 is 0. The minimum absolute atomic E-state index is 0.155. The minimum atomic E-state index is -4.46. The molecular formula is C23H21F3N2O4. The van der Waals surface area contributed by atoms with Crippen molar-refractivity contribution in [3.05, 3.63) is 64.2 Å². The first-order valence-electron chi connectivity index (χ1n) is 10.2. The van der Waals surface area contributed by atoms with E-state index >= 15 is 0 Å². The standard InChI is InChI=1S/C23H21F3N2O4/c1-32-11-3-10-28-21(30)17-7-5-15(13-18(17)22(28)31)20(29)27-9-2-4-14-12-16(23(24,25)26)6-8-19(14)27/h5-8,12-13H,2-4,9-11H2,1H3. The van der Waals surface area contributed by atoms with E-state index in [-0.39, 0.29) is 23.2 Å². The fourth-order valence-electron chi connectivity index (χ4n) is 4.13. The highest BCUT2D eigenvalue weighted by Gasteiger charge is 2.37. The van der Waals surface area contributed by atoms with Crippen LogP contribution in [0.2, 0.25) is 0 Å². The smallest absolute Gasteiger partial charge is 0.385 e. The summed E-state index contributed by atoms with van der Waals surface area (Å²) in [6.07, 6.45) is -2.99. The molecule has 168 valence electrons. The van der Waals surface area contributed by atoms with E-state index in [2.05, 4.69) is 0 Å². The second-order valence-electron chi connectivity index (χ2n) is 7.77. The fourth-order valence-corrected chi connectivity index (χ4v) is 4.13. The number of imide groups is 1. The number of benzene rings is 2. The van der Waals surface area contributed by atoms with Crippen LogP contribution in [0.3, 0.4) is 0 Å². The Balaban J connectivity index is 1.60. The normalized spacial score (nSPS) is 15.8. The molecule has 2 aromatic rings. The number of hydrogen-bond donors (Lipinski definition) is 0. The van der Waals surface area contributed by atoms with Gasteiger partial charge in [0.25, 0.3) is 17.7 Å². The van der Waals surface area contributed by atoms with Crippen LogP contribution in [0.15, 0.2) is 36.4 Å². The SMILES string of the molecule is COCCCN1C(=O)c2ccc(C(=O)N3CCCc4cc(C(F)(F)F)ccc43)cc2C1=O. The molecule has 4 rings (SSSR count). The molecule has 2 aliphatic rings. The molecule has 0 bridgehead atoms. The lowest BCUT2D eigenvalue weighted by molar-refractivity contribution is -0.137. The van der Waals surface area contributed by atoms with Crippen LogP contribution < -0.4 is 4.90 Å². The Morgan fingerprint density at radius 1 is 1.06 bits per heavy atom. The summed E-state index contributed by atoms with van der Waals surface area (Å²) in [6, 6.07) is 7.69. The van der Waals surface area contributed by atoms with Crippen LogP contribution in [0.25, 0.3) is 0 Å². The largest absolute Gasteiger partial charge is 0.416 e. The first-order valence-corrected chi connectivity index (χ1v) is 10.2. The first kappa shape index (κ1) is 22.0. The van der Waals surface area contributed by atoms with Crippen molar-refractivity contribution < 1.29 is 32.3 Å². The number of halogens is 3. The van der Waals surface area contributed by atoms with Crippen molar-refractivity contribution in [3.8, 4) is 0 Å². The molecule has 6 nitrogen and oxygen atoms in total. The van der Waals surface area contributed by atoms with Crippen molar-refractivity contribution in [3.63, 3.8) is 0 Å². The van der Waals surface area contributed by atoms with Gasteiger partial charge in [0.2, 0.25) is 0 Å². The van der Waals surface area contributed by atoms with Crippen LogP contribution >= 0.6 is 0 Å². The van der Waals surface area contributed by atoms with Crippen LogP contribution in [0.4, 0.5) is 18.9 Å². The summed E-state index contributed by atoms with van der Waals surface area (Å²) in [6.45, 7) is 0.969. The highest BCUT2D eigenvalue weighted by molar-refractivity contribution is 6.22. The summed E-state index contributed by atoms with van der Waals surface area (Å²) in [5, 5.41) is 0. The number of nitrogens with zero attached hydrogens (tertiary/aromatic N) is 2. The predicted molar refractivity (Wildman–Crippen MR) is 110 cm³/mol. The highest BCUT2D eigenvalue weighted by atomic mass is 19.4. The maximum atomic E-state index is 13.2. The van der Waals surface area contributed by atoms with Gasteiger partial charge in [-0.1, -0.05) is 0 Å². The van der Waals surface area contributed by atoms with Crippen molar-refractivity contribution in [2.45, 2.75) is 25.4 Å². The number of aryl methyl sites for hydroxylation is 1. The van der Waals surface area contributed by atoms with Crippen molar-refractivity contribution in [2.75, 3.05) is 31.7 Å². The highest BCUT2D eigenvalue weighted by Crippen LogP contribution is 2.36. The van der Waals surface area contributed by atoms with E-state index in [0.717, 1.165) is 17.0 Å². The summed E-state index contributed by atoms with van der Waals surface area (Å²) in [4.78, 5) is 41.0. The lowest BCUT2D eigenvalue weighted by atomic mass is 9.97. The molecule has 0 saturated carbocycles. The summed E-state index contributed by atoms with van der Waals surface area (Å²) in [7, 11) is 1.53. The van der Waals surface area contributed by atoms with E-state index in [1.165, 1.54) is 36.3 Å². The van der Waals surface area contributed by atoms with E-state index in [4.69, 9.17) is 4.74 Å². The quantitative estimate of drug-likeness (QED) is 0.516. The number of fused-ring (bicyclic) bond motifs is 2. The van der Waals surface area contributed by atoms with E-state index in [1.54, 1.807) is 0 Å². The molecule has 0 spiro atoms.